The molecule has 2 N–H and O–H groups in total. The zero-order valence-corrected chi connectivity index (χ0v) is 13.9. The lowest BCUT2D eigenvalue weighted by molar-refractivity contribution is 0.0600. The molecule has 128 valence electrons. The molecule has 0 unspecified atom stereocenters. The number of ether oxygens (including phenoxy) is 1. The number of anilines is 1. The van der Waals surface area contributed by atoms with Crippen LogP contribution in [0.25, 0.3) is 11.0 Å². The van der Waals surface area contributed by atoms with Gasteiger partial charge in [0.05, 0.1) is 18.7 Å². The fourth-order valence-corrected chi connectivity index (χ4v) is 2.46. The standard InChI is InChI=1S/C19H18N2O4/c1-12(17-11-14-5-3-4-6-16(14)25-17)20-19(23)21-15-9-7-13(8-10-15)18(22)24-2/h3-12H,1-2H3,(H2,20,21,23)/t12-/m1/s1. The van der Waals surface area contributed by atoms with Gasteiger partial charge in [-0.1, -0.05) is 18.2 Å². The molecule has 25 heavy (non-hydrogen) atoms. The molecule has 2 amide bonds. The lowest BCUT2D eigenvalue weighted by atomic mass is 10.2. The number of furan rings is 1. The topological polar surface area (TPSA) is 80.6 Å². The molecule has 1 aromatic heterocycles. The molecule has 3 aromatic rings. The summed E-state index contributed by atoms with van der Waals surface area (Å²) in [5.74, 6) is 0.256. The number of urea groups is 1. The molecule has 0 aliphatic carbocycles. The molecule has 0 aliphatic rings. The number of nitrogens with one attached hydrogen (secondary N) is 2. The Morgan fingerprint density at radius 3 is 2.48 bits per heavy atom. The number of para-hydroxylation sites is 1. The zero-order valence-electron chi connectivity index (χ0n) is 13.9. The van der Waals surface area contributed by atoms with Gasteiger partial charge in [-0.25, -0.2) is 9.59 Å². The molecule has 6 heteroatoms. The van der Waals surface area contributed by atoms with Crippen LogP contribution < -0.4 is 10.6 Å². The first-order chi connectivity index (χ1) is 12.1. The Hall–Kier alpha value is -3.28. The third-order valence-electron chi connectivity index (χ3n) is 3.78. The van der Waals surface area contributed by atoms with Gasteiger partial charge in [-0.3, -0.25) is 0 Å². The second kappa shape index (κ2) is 7.09. The van der Waals surface area contributed by atoms with Gasteiger partial charge in [0.1, 0.15) is 11.3 Å². The van der Waals surface area contributed by atoms with Crippen molar-refractivity contribution in [3.63, 3.8) is 0 Å². The van der Waals surface area contributed by atoms with Crippen LogP contribution in [0.1, 0.15) is 29.1 Å². The van der Waals surface area contributed by atoms with Crippen LogP contribution in [0.3, 0.4) is 0 Å². The van der Waals surface area contributed by atoms with Crippen molar-refractivity contribution in [1.29, 1.82) is 0 Å². The Bertz CT molecular complexity index is 866. The summed E-state index contributed by atoms with van der Waals surface area (Å²) < 4.78 is 10.4. The number of hydrogen-bond acceptors (Lipinski definition) is 4. The van der Waals surface area contributed by atoms with Crippen molar-refractivity contribution in [3.05, 3.63) is 65.9 Å². The number of carbonyl (C=O) groups excluding carboxylic acids is 2. The normalized spacial score (nSPS) is 11.8. The van der Waals surface area contributed by atoms with Crippen molar-refractivity contribution in [2.24, 2.45) is 0 Å². The van der Waals surface area contributed by atoms with Gasteiger partial charge in [0.2, 0.25) is 0 Å². The number of esters is 1. The minimum absolute atomic E-state index is 0.290. The molecule has 2 aromatic carbocycles. The van der Waals surface area contributed by atoms with Gasteiger partial charge >= 0.3 is 12.0 Å². The minimum Gasteiger partial charge on any atom is -0.465 e. The molecular weight excluding hydrogens is 320 g/mol. The number of fused-ring (bicyclic) bond motifs is 1. The van der Waals surface area contributed by atoms with E-state index in [0.29, 0.717) is 17.0 Å². The third kappa shape index (κ3) is 3.80. The Morgan fingerprint density at radius 1 is 1.08 bits per heavy atom. The van der Waals surface area contributed by atoms with E-state index in [2.05, 4.69) is 15.4 Å². The highest BCUT2D eigenvalue weighted by Gasteiger charge is 2.14. The van der Waals surface area contributed by atoms with E-state index in [1.165, 1.54) is 7.11 Å². The van der Waals surface area contributed by atoms with Crippen molar-refractivity contribution in [3.8, 4) is 0 Å². The summed E-state index contributed by atoms with van der Waals surface area (Å²) in [6.45, 7) is 1.84. The number of benzene rings is 2. The van der Waals surface area contributed by atoms with E-state index in [1.807, 2.05) is 37.3 Å². The molecule has 0 bridgehead atoms. The van der Waals surface area contributed by atoms with Crippen LogP contribution >= 0.6 is 0 Å². The second-order valence-corrected chi connectivity index (χ2v) is 5.58. The van der Waals surface area contributed by atoms with Gasteiger partial charge in [0, 0.05) is 11.1 Å². The predicted octanol–water partition coefficient (Wildman–Crippen LogP) is 4.10. The number of methoxy groups -OCH3 is 1. The summed E-state index contributed by atoms with van der Waals surface area (Å²) in [6.07, 6.45) is 0. The van der Waals surface area contributed by atoms with Gasteiger partial charge < -0.3 is 19.8 Å². The summed E-state index contributed by atoms with van der Waals surface area (Å²) in [5.41, 5.74) is 1.77. The molecule has 0 fully saturated rings. The fraction of sp³-hybridized carbons (Fsp3) is 0.158. The van der Waals surface area contributed by atoms with E-state index < -0.39 is 5.97 Å². The molecule has 1 heterocycles. The third-order valence-corrected chi connectivity index (χ3v) is 3.78. The van der Waals surface area contributed by atoms with Crippen LogP contribution in [0.15, 0.2) is 59.0 Å². The molecule has 0 spiro atoms. The van der Waals surface area contributed by atoms with Crippen LogP contribution in [0, 0.1) is 0 Å². The molecule has 1 atom stereocenters. The summed E-state index contributed by atoms with van der Waals surface area (Å²) in [5, 5.41) is 6.53. The number of carbonyl (C=O) groups is 2. The van der Waals surface area contributed by atoms with Crippen LogP contribution in [0.4, 0.5) is 10.5 Å². The summed E-state index contributed by atoms with van der Waals surface area (Å²) in [6, 6.07) is 15.4. The Morgan fingerprint density at radius 2 is 1.80 bits per heavy atom. The fourth-order valence-electron chi connectivity index (χ4n) is 2.46. The maximum atomic E-state index is 12.1. The first-order valence-corrected chi connectivity index (χ1v) is 7.81. The van der Waals surface area contributed by atoms with Crippen molar-refractivity contribution in [2.75, 3.05) is 12.4 Å². The highest BCUT2D eigenvalue weighted by atomic mass is 16.5. The summed E-state index contributed by atoms with van der Waals surface area (Å²) >= 11 is 0. The SMILES string of the molecule is COC(=O)c1ccc(NC(=O)N[C@H](C)c2cc3ccccc3o2)cc1. The van der Waals surface area contributed by atoms with Crippen LogP contribution in [-0.2, 0) is 4.74 Å². The molecule has 0 radical (unpaired) electrons. The van der Waals surface area contributed by atoms with Crippen LogP contribution in [-0.4, -0.2) is 19.1 Å². The van der Waals surface area contributed by atoms with E-state index in [-0.39, 0.29) is 12.1 Å². The molecular formula is C19H18N2O4. The van der Waals surface area contributed by atoms with Crippen molar-refractivity contribution >= 4 is 28.7 Å². The van der Waals surface area contributed by atoms with E-state index >= 15 is 0 Å². The van der Waals surface area contributed by atoms with Crippen molar-refractivity contribution < 1.29 is 18.7 Å². The van der Waals surface area contributed by atoms with Crippen LogP contribution in [0.5, 0.6) is 0 Å². The summed E-state index contributed by atoms with van der Waals surface area (Å²) in [4.78, 5) is 23.5. The lowest BCUT2D eigenvalue weighted by Gasteiger charge is -2.12. The number of rotatable bonds is 4. The molecule has 0 saturated carbocycles. The second-order valence-electron chi connectivity index (χ2n) is 5.58. The van der Waals surface area contributed by atoms with Gasteiger partial charge in [-0.15, -0.1) is 0 Å². The van der Waals surface area contributed by atoms with Crippen molar-refractivity contribution in [2.45, 2.75) is 13.0 Å². The molecule has 6 nitrogen and oxygen atoms in total. The van der Waals surface area contributed by atoms with Gasteiger partial charge in [0.25, 0.3) is 0 Å². The molecule has 3 rings (SSSR count). The summed E-state index contributed by atoms with van der Waals surface area (Å²) in [7, 11) is 1.32. The Balaban J connectivity index is 1.62. The minimum atomic E-state index is -0.422. The van der Waals surface area contributed by atoms with E-state index in [1.54, 1.807) is 24.3 Å². The van der Waals surface area contributed by atoms with Gasteiger partial charge in [-0.05, 0) is 43.3 Å². The monoisotopic (exact) mass is 338 g/mol. The van der Waals surface area contributed by atoms with E-state index in [0.717, 1.165) is 11.0 Å². The maximum absolute atomic E-state index is 12.1. The maximum Gasteiger partial charge on any atom is 0.337 e. The number of hydrogen-bond donors (Lipinski definition) is 2. The van der Waals surface area contributed by atoms with Crippen molar-refractivity contribution in [1.82, 2.24) is 5.32 Å². The van der Waals surface area contributed by atoms with Gasteiger partial charge in [-0.2, -0.15) is 0 Å². The van der Waals surface area contributed by atoms with E-state index in [4.69, 9.17) is 4.42 Å². The van der Waals surface area contributed by atoms with E-state index in [9.17, 15) is 9.59 Å². The largest absolute Gasteiger partial charge is 0.465 e. The quantitative estimate of drug-likeness (QED) is 0.702. The highest BCUT2D eigenvalue weighted by molar-refractivity contribution is 5.92. The van der Waals surface area contributed by atoms with Crippen LogP contribution in [0.2, 0.25) is 0 Å². The van der Waals surface area contributed by atoms with Gasteiger partial charge in [0.15, 0.2) is 0 Å². The average molecular weight is 338 g/mol. The smallest absolute Gasteiger partial charge is 0.337 e. The zero-order chi connectivity index (χ0) is 17.8. The first-order valence-electron chi connectivity index (χ1n) is 7.81. The first kappa shape index (κ1) is 16.6. The Labute approximate surface area is 144 Å². The lowest BCUT2D eigenvalue weighted by Crippen LogP contribution is -2.30. The highest BCUT2D eigenvalue weighted by Crippen LogP contribution is 2.23. The Kier molecular flexibility index (Phi) is 4.70. The molecule has 0 aliphatic heterocycles. The number of amides is 2. The average Bonchev–Trinajstić information content (AvgIpc) is 3.06. The molecule has 0 saturated heterocycles. The predicted molar refractivity (Wildman–Crippen MR) is 94.6 cm³/mol.